The minimum atomic E-state index is -0.637. The summed E-state index contributed by atoms with van der Waals surface area (Å²) in [7, 11) is 0. The molecule has 1 aromatic carbocycles. The van der Waals surface area contributed by atoms with Crippen LogP contribution in [-0.2, 0) is 12.8 Å². The van der Waals surface area contributed by atoms with E-state index in [1.54, 1.807) is 0 Å². The lowest BCUT2D eigenvalue weighted by molar-refractivity contribution is 0.0910. The molecule has 0 unspecified atom stereocenters. The molecule has 0 spiro atoms. The Kier molecular flexibility index (Phi) is 5.30. The van der Waals surface area contributed by atoms with E-state index in [1.165, 1.54) is 46.4 Å². The summed E-state index contributed by atoms with van der Waals surface area (Å²) in [6.45, 7) is 5.79. The summed E-state index contributed by atoms with van der Waals surface area (Å²) >= 11 is 1.23. The Bertz CT molecular complexity index is 1240. The predicted octanol–water partition coefficient (Wildman–Crippen LogP) is 3.80. The first-order valence-electron chi connectivity index (χ1n) is 9.90. The van der Waals surface area contributed by atoms with E-state index in [4.69, 9.17) is 0 Å². The standard InChI is InChI=1S/C22H21FN4O3S/c1-4-17-25-26-21(31-17)24-19(29)18-14-9-22(2,3)10-16(28)15(14)11-27(20(18)30)13-7-5-12(23)6-8-13/h5-8,11H,4,9-10H2,1-3H3,(H,24,26,29). The van der Waals surface area contributed by atoms with Crippen molar-refractivity contribution < 1.29 is 14.0 Å². The van der Waals surface area contributed by atoms with Crippen LogP contribution in [0.3, 0.4) is 0 Å². The fourth-order valence-corrected chi connectivity index (χ4v) is 4.45. The predicted molar refractivity (Wildman–Crippen MR) is 116 cm³/mol. The molecular weight excluding hydrogens is 419 g/mol. The van der Waals surface area contributed by atoms with Gasteiger partial charge < -0.3 is 0 Å². The molecule has 31 heavy (non-hydrogen) atoms. The van der Waals surface area contributed by atoms with Crippen LogP contribution in [0.1, 0.15) is 58.5 Å². The first-order chi connectivity index (χ1) is 14.7. The molecule has 0 radical (unpaired) electrons. The quantitative estimate of drug-likeness (QED) is 0.666. The van der Waals surface area contributed by atoms with Crippen LogP contribution in [0.4, 0.5) is 9.52 Å². The van der Waals surface area contributed by atoms with Gasteiger partial charge in [0.05, 0.1) is 0 Å². The number of aryl methyl sites for hydroxylation is 1. The Morgan fingerprint density at radius 3 is 2.55 bits per heavy atom. The first-order valence-corrected chi connectivity index (χ1v) is 10.7. The fraction of sp³-hybridized carbons (Fsp3) is 0.318. The van der Waals surface area contributed by atoms with E-state index >= 15 is 0 Å². The highest BCUT2D eigenvalue weighted by atomic mass is 32.1. The number of benzene rings is 1. The van der Waals surface area contributed by atoms with Gasteiger partial charge >= 0.3 is 0 Å². The Hall–Kier alpha value is -3.20. The topological polar surface area (TPSA) is 93.9 Å². The molecule has 1 amide bonds. The van der Waals surface area contributed by atoms with Gasteiger partial charge in [0.2, 0.25) is 5.13 Å². The Labute approximate surface area is 182 Å². The van der Waals surface area contributed by atoms with Crippen molar-refractivity contribution >= 4 is 28.2 Å². The number of halogens is 1. The number of amides is 1. The lowest BCUT2D eigenvalue weighted by Crippen LogP contribution is -2.37. The van der Waals surface area contributed by atoms with Gasteiger partial charge in [-0.1, -0.05) is 32.1 Å². The van der Waals surface area contributed by atoms with Gasteiger partial charge in [-0.05, 0) is 48.1 Å². The average Bonchev–Trinajstić information content (AvgIpc) is 3.15. The number of fused-ring (bicyclic) bond motifs is 1. The van der Waals surface area contributed by atoms with Gasteiger partial charge in [0.1, 0.15) is 16.4 Å². The number of pyridine rings is 1. The number of aromatic nitrogens is 3. The minimum absolute atomic E-state index is 0.101. The second-order valence-corrected chi connectivity index (χ2v) is 9.36. The maximum Gasteiger partial charge on any atom is 0.268 e. The molecule has 0 saturated heterocycles. The minimum Gasteiger partial charge on any atom is -0.296 e. The number of carbonyl (C=O) groups is 2. The molecule has 0 bridgehead atoms. The number of anilines is 1. The third-order valence-corrected chi connectivity index (χ3v) is 6.22. The Morgan fingerprint density at radius 1 is 1.19 bits per heavy atom. The molecule has 2 aromatic heterocycles. The van der Waals surface area contributed by atoms with Crippen LogP contribution in [0.25, 0.3) is 5.69 Å². The van der Waals surface area contributed by atoms with Gasteiger partial charge in [-0.2, -0.15) is 0 Å². The number of nitrogens with zero attached hydrogens (tertiary/aromatic N) is 3. The lowest BCUT2D eigenvalue weighted by atomic mass is 9.73. The highest BCUT2D eigenvalue weighted by Gasteiger charge is 2.36. The molecular formula is C22H21FN4O3S. The average molecular weight is 441 g/mol. The molecule has 0 fully saturated rings. The smallest absolute Gasteiger partial charge is 0.268 e. The highest BCUT2D eigenvalue weighted by molar-refractivity contribution is 7.15. The zero-order chi connectivity index (χ0) is 22.3. The number of hydrogen-bond donors (Lipinski definition) is 1. The van der Waals surface area contributed by atoms with Crippen LogP contribution in [0.15, 0.2) is 35.3 Å². The molecule has 2 heterocycles. The van der Waals surface area contributed by atoms with Crippen LogP contribution >= 0.6 is 11.3 Å². The van der Waals surface area contributed by atoms with E-state index in [0.29, 0.717) is 36.1 Å². The van der Waals surface area contributed by atoms with Crippen LogP contribution in [-0.4, -0.2) is 26.5 Å². The largest absolute Gasteiger partial charge is 0.296 e. The Morgan fingerprint density at radius 2 is 1.90 bits per heavy atom. The fourth-order valence-electron chi connectivity index (χ4n) is 3.78. The van der Waals surface area contributed by atoms with Crippen molar-refractivity contribution in [2.24, 2.45) is 5.41 Å². The number of ketones is 1. The van der Waals surface area contributed by atoms with E-state index < -0.39 is 17.3 Å². The van der Waals surface area contributed by atoms with Gasteiger partial charge in [0.15, 0.2) is 5.78 Å². The van der Waals surface area contributed by atoms with Crippen molar-refractivity contribution in [1.82, 2.24) is 14.8 Å². The van der Waals surface area contributed by atoms with Crippen molar-refractivity contribution in [3.8, 4) is 5.69 Å². The number of carbonyl (C=O) groups excluding carboxylic acids is 2. The molecule has 0 saturated carbocycles. The zero-order valence-corrected chi connectivity index (χ0v) is 18.2. The molecule has 4 rings (SSSR count). The van der Waals surface area contributed by atoms with Gasteiger partial charge in [-0.15, -0.1) is 10.2 Å². The summed E-state index contributed by atoms with van der Waals surface area (Å²) in [6, 6.07) is 5.31. The van der Waals surface area contributed by atoms with Crippen LogP contribution < -0.4 is 10.9 Å². The van der Waals surface area contributed by atoms with E-state index in [0.717, 1.165) is 5.01 Å². The number of hydrogen-bond acceptors (Lipinski definition) is 6. The molecule has 0 atom stereocenters. The summed E-state index contributed by atoms with van der Waals surface area (Å²) in [4.78, 5) is 39.5. The van der Waals surface area contributed by atoms with Crippen LogP contribution in [0.5, 0.6) is 0 Å². The lowest BCUT2D eigenvalue weighted by Gasteiger charge is -2.31. The molecule has 9 heteroatoms. The number of nitrogens with one attached hydrogen (secondary N) is 1. The zero-order valence-electron chi connectivity index (χ0n) is 17.4. The second kappa shape index (κ2) is 7.81. The summed E-state index contributed by atoms with van der Waals surface area (Å²) in [6.07, 6.45) is 2.85. The Balaban J connectivity index is 1.88. The summed E-state index contributed by atoms with van der Waals surface area (Å²) in [5.41, 5.74) is 0.0725. The van der Waals surface area contributed by atoms with E-state index in [9.17, 15) is 18.8 Å². The maximum absolute atomic E-state index is 13.4. The van der Waals surface area contributed by atoms with Crippen molar-refractivity contribution in [3.05, 3.63) is 68.3 Å². The normalized spacial score (nSPS) is 14.9. The van der Waals surface area contributed by atoms with Gasteiger partial charge in [-0.25, -0.2) is 4.39 Å². The monoisotopic (exact) mass is 440 g/mol. The molecule has 1 aliphatic rings. The van der Waals surface area contributed by atoms with E-state index in [-0.39, 0.29) is 21.9 Å². The summed E-state index contributed by atoms with van der Waals surface area (Å²) < 4.78 is 14.6. The van der Waals surface area contributed by atoms with Crippen LogP contribution in [0, 0.1) is 11.2 Å². The SMILES string of the molecule is CCc1nnc(NC(=O)c2c3c(cn(-c4ccc(F)cc4)c2=O)C(=O)CC(C)(C)C3)s1. The third kappa shape index (κ3) is 4.05. The highest BCUT2D eigenvalue weighted by Crippen LogP contribution is 2.36. The third-order valence-electron chi connectivity index (χ3n) is 5.23. The number of Topliss-reactive ketones (excluding diaryl/α,β-unsaturated/α-hetero) is 1. The van der Waals surface area contributed by atoms with Crippen molar-refractivity contribution in [2.75, 3.05) is 5.32 Å². The van der Waals surface area contributed by atoms with Gasteiger partial charge in [0.25, 0.3) is 11.5 Å². The van der Waals surface area contributed by atoms with Crippen molar-refractivity contribution in [2.45, 2.75) is 40.0 Å². The van der Waals surface area contributed by atoms with Crippen molar-refractivity contribution in [3.63, 3.8) is 0 Å². The first kappa shape index (κ1) is 21.0. The molecule has 7 nitrogen and oxygen atoms in total. The van der Waals surface area contributed by atoms with E-state index in [2.05, 4.69) is 15.5 Å². The van der Waals surface area contributed by atoms with Gasteiger partial charge in [0, 0.05) is 23.9 Å². The maximum atomic E-state index is 13.4. The van der Waals surface area contributed by atoms with Gasteiger partial charge in [-0.3, -0.25) is 24.3 Å². The molecule has 160 valence electrons. The molecule has 1 aliphatic carbocycles. The van der Waals surface area contributed by atoms with Crippen LogP contribution in [0.2, 0.25) is 0 Å². The number of rotatable bonds is 4. The molecule has 0 aliphatic heterocycles. The summed E-state index contributed by atoms with van der Waals surface area (Å²) in [5.74, 6) is -1.23. The van der Waals surface area contributed by atoms with Crippen molar-refractivity contribution in [1.29, 1.82) is 0 Å². The molecule has 1 N–H and O–H groups in total. The second-order valence-electron chi connectivity index (χ2n) is 8.30. The summed E-state index contributed by atoms with van der Waals surface area (Å²) in [5, 5.41) is 11.6. The van der Waals surface area contributed by atoms with E-state index in [1.807, 2.05) is 20.8 Å². The molecule has 3 aromatic rings.